The third kappa shape index (κ3) is 3.10. The molecule has 4 nitrogen and oxygen atoms in total. The van der Waals surface area contributed by atoms with Crippen molar-refractivity contribution in [2.45, 2.75) is 18.5 Å². The Kier molecular flexibility index (Phi) is 4.01. The highest BCUT2D eigenvalue weighted by Gasteiger charge is 2.31. The first-order valence-electron chi connectivity index (χ1n) is 7.17. The number of hydrogen-bond acceptors (Lipinski definition) is 2. The van der Waals surface area contributed by atoms with Gasteiger partial charge in [-0.2, -0.15) is 13.2 Å². The van der Waals surface area contributed by atoms with Crippen LogP contribution in [-0.4, -0.2) is 20.5 Å². The van der Waals surface area contributed by atoms with Crippen LogP contribution in [0.25, 0.3) is 5.65 Å². The van der Waals surface area contributed by atoms with E-state index in [0.29, 0.717) is 11.3 Å². The lowest BCUT2D eigenvalue weighted by Gasteiger charge is -2.17. The largest absolute Gasteiger partial charge is 0.481 e. The normalized spacial score (nSPS) is 13.1. The standard InChI is InChI=1S/C17H13F3N2O2/c18-17(19,20)12-5-3-4-11(8-12)13(9-16(23)24)14-10-21-15-6-1-2-7-22(14)15/h1-8,10,13H,9H2,(H,23,24). The van der Waals surface area contributed by atoms with Gasteiger partial charge in [-0.3, -0.25) is 4.79 Å². The van der Waals surface area contributed by atoms with E-state index in [0.717, 1.165) is 12.1 Å². The Morgan fingerprint density at radius 2 is 2.00 bits per heavy atom. The molecule has 0 bridgehead atoms. The van der Waals surface area contributed by atoms with Gasteiger partial charge in [0.05, 0.1) is 17.7 Å². The number of carboxylic acid groups (broad SMARTS) is 1. The molecule has 7 heteroatoms. The van der Waals surface area contributed by atoms with E-state index in [1.54, 1.807) is 28.8 Å². The predicted molar refractivity (Wildman–Crippen MR) is 80.7 cm³/mol. The molecule has 1 unspecified atom stereocenters. The third-order valence-corrected chi connectivity index (χ3v) is 3.80. The van der Waals surface area contributed by atoms with Crippen LogP contribution >= 0.6 is 0 Å². The minimum absolute atomic E-state index is 0.290. The van der Waals surface area contributed by atoms with E-state index in [4.69, 9.17) is 0 Å². The molecule has 3 aromatic rings. The maximum Gasteiger partial charge on any atom is 0.416 e. The maximum absolute atomic E-state index is 13.0. The van der Waals surface area contributed by atoms with Crippen molar-refractivity contribution in [3.05, 3.63) is 71.7 Å². The van der Waals surface area contributed by atoms with Crippen LogP contribution < -0.4 is 0 Å². The number of alkyl halides is 3. The Labute approximate surface area is 135 Å². The molecule has 0 saturated heterocycles. The summed E-state index contributed by atoms with van der Waals surface area (Å²) in [5, 5.41) is 9.19. The topological polar surface area (TPSA) is 54.6 Å². The number of rotatable bonds is 4. The molecule has 0 spiro atoms. The van der Waals surface area contributed by atoms with E-state index < -0.39 is 23.6 Å². The van der Waals surface area contributed by atoms with E-state index >= 15 is 0 Å². The molecule has 2 aromatic heterocycles. The minimum Gasteiger partial charge on any atom is -0.481 e. The average molecular weight is 334 g/mol. The second-order valence-electron chi connectivity index (χ2n) is 5.39. The maximum atomic E-state index is 13.0. The van der Waals surface area contributed by atoms with Crippen molar-refractivity contribution in [1.29, 1.82) is 0 Å². The number of fused-ring (bicyclic) bond motifs is 1. The van der Waals surface area contributed by atoms with Crippen LogP contribution in [0.4, 0.5) is 13.2 Å². The second-order valence-corrected chi connectivity index (χ2v) is 5.39. The zero-order valence-electron chi connectivity index (χ0n) is 12.4. The van der Waals surface area contributed by atoms with Gasteiger partial charge >= 0.3 is 12.1 Å². The van der Waals surface area contributed by atoms with Crippen molar-refractivity contribution in [2.75, 3.05) is 0 Å². The first-order chi connectivity index (χ1) is 11.4. The SMILES string of the molecule is O=C(O)CC(c1cccc(C(F)(F)F)c1)c1cnc2ccccn12. The molecule has 0 amide bonds. The summed E-state index contributed by atoms with van der Waals surface area (Å²) in [4.78, 5) is 15.4. The Morgan fingerprint density at radius 3 is 2.71 bits per heavy atom. The predicted octanol–water partition coefficient (Wildman–Crippen LogP) is 3.96. The van der Waals surface area contributed by atoms with Crippen LogP contribution in [-0.2, 0) is 11.0 Å². The molecule has 1 aromatic carbocycles. The monoisotopic (exact) mass is 334 g/mol. The summed E-state index contributed by atoms with van der Waals surface area (Å²) in [6, 6.07) is 10.0. The smallest absolute Gasteiger partial charge is 0.416 e. The number of nitrogens with zero attached hydrogens (tertiary/aromatic N) is 2. The molecule has 0 saturated carbocycles. The molecule has 1 atom stereocenters. The van der Waals surface area contributed by atoms with Crippen molar-refractivity contribution < 1.29 is 23.1 Å². The lowest BCUT2D eigenvalue weighted by Crippen LogP contribution is -2.12. The molecule has 0 aliphatic heterocycles. The van der Waals surface area contributed by atoms with Gasteiger partial charge in [0.25, 0.3) is 0 Å². The Morgan fingerprint density at radius 1 is 1.21 bits per heavy atom. The van der Waals surface area contributed by atoms with Crippen LogP contribution in [0.3, 0.4) is 0 Å². The lowest BCUT2D eigenvalue weighted by molar-refractivity contribution is -0.138. The highest BCUT2D eigenvalue weighted by atomic mass is 19.4. The molecule has 0 aliphatic carbocycles. The Bertz CT molecular complexity index is 887. The fraction of sp³-hybridized carbons (Fsp3) is 0.176. The quantitative estimate of drug-likeness (QED) is 0.786. The lowest BCUT2D eigenvalue weighted by atomic mass is 9.91. The number of carboxylic acids is 1. The molecule has 0 radical (unpaired) electrons. The fourth-order valence-corrected chi connectivity index (χ4v) is 2.71. The zero-order valence-corrected chi connectivity index (χ0v) is 12.4. The molecule has 2 heterocycles. The molecular weight excluding hydrogens is 321 g/mol. The molecular formula is C17H13F3N2O2. The van der Waals surface area contributed by atoms with Crippen molar-refractivity contribution in [3.63, 3.8) is 0 Å². The number of carbonyl (C=O) groups is 1. The third-order valence-electron chi connectivity index (χ3n) is 3.80. The van der Waals surface area contributed by atoms with Gasteiger partial charge in [-0.05, 0) is 23.8 Å². The van der Waals surface area contributed by atoms with E-state index in [-0.39, 0.29) is 12.0 Å². The van der Waals surface area contributed by atoms with Crippen LogP contribution in [0, 0.1) is 0 Å². The molecule has 124 valence electrons. The molecule has 0 fully saturated rings. The second kappa shape index (κ2) is 5.99. The van der Waals surface area contributed by atoms with E-state index in [9.17, 15) is 23.1 Å². The minimum atomic E-state index is -4.48. The Balaban J connectivity index is 2.12. The number of hydrogen-bond donors (Lipinski definition) is 1. The van der Waals surface area contributed by atoms with E-state index in [1.807, 2.05) is 0 Å². The molecule has 0 aliphatic rings. The summed E-state index contributed by atoms with van der Waals surface area (Å²) in [7, 11) is 0. The van der Waals surface area contributed by atoms with Gasteiger partial charge in [0.1, 0.15) is 5.65 Å². The number of benzene rings is 1. The van der Waals surface area contributed by atoms with Gasteiger partial charge in [0, 0.05) is 18.3 Å². The average Bonchev–Trinajstić information content (AvgIpc) is 2.95. The van der Waals surface area contributed by atoms with Crippen molar-refractivity contribution in [1.82, 2.24) is 9.38 Å². The van der Waals surface area contributed by atoms with Gasteiger partial charge in [-0.15, -0.1) is 0 Å². The summed E-state index contributed by atoms with van der Waals surface area (Å²) in [5.41, 5.74) is 0.629. The first kappa shape index (κ1) is 16.0. The van der Waals surface area contributed by atoms with Crippen LogP contribution in [0.1, 0.15) is 29.2 Å². The summed E-state index contributed by atoms with van der Waals surface area (Å²) in [6.45, 7) is 0. The number of aliphatic carboxylic acids is 1. The molecule has 1 N–H and O–H groups in total. The van der Waals surface area contributed by atoms with Crippen LogP contribution in [0.15, 0.2) is 54.9 Å². The fourth-order valence-electron chi connectivity index (χ4n) is 2.71. The summed E-state index contributed by atoms with van der Waals surface area (Å²) in [6.07, 6.45) is -1.60. The van der Waals surface area contributed by atoms with Gasteiger partial charge in [0.15, 0.2) is 0 Å². The van der Waals surface area contributed by atoms with Crippen molar-refractivity contribution >= 4 is 11.6 Å². The highest BCUT2D eigenvalue weighted by molar-refractivity contribution is 5.69. The summed E-state index contributed by atoms with van der Waals surface area (Å²) < 4.78 is 40.6. The summed E-state index contributed by atoms with van der Waals surface area (Å²) >= 11 is 0. The summed E-state index contributed by atoms with van der Waals surface area (Å²) in [5.74, 6) is -1.83. The van der Waals surface area contributed by atoms with Crippen molar-refractivity contribution in [3.8, 4) is 0 Å². The van der Waals surface area contributed by atoms with Crippen LogP contribution in [0.2, 0.25) is 0 Å². The number of pyridine rings is 1. The number of imidazole rings is 1. The molecule has 24 heavy (non-hydrogen) atoms. The number of aromatic nitrogens is 2. The van der Waals surface area contributed by atoms with Gasteiger partial charge in [-0.1, -0.05) is 24.3 Å². The first-order valence-corrected chi connectivity index (χ1v) is 7.17. The van der Waals surface area contributed by atoms with Crippen molar-refractivity contribution in [2.24, 2.45) is 0 Å². The van der Waals surface area contributed by atoms with Gasteiger partial charge < -0.3 is 9.51 Å². The Hall–Kier alpha value is -2.83. The van der Waals surface area contributed by atoms with E-state index in [2.05, 4.69) is 4.98 Å². The highest BCUT2D eigenvalue weighted by Crippen LogP contribution is 2.34. The number of halogens is 3. The zero-order chi connectivity index (χ0) is 17.3. The van der Waals surface area contributed by atoms with Crippen LogP contribution in [0.5, 0.6) is 0 Å². The van der Waals surface area contributed by atoms with Gasteiger partial charge in [0.2, 0.25) is 0 Å². The van der Waals surface area contributed by atoms with Gasteiger partial charge in [-0.25, -0.2) is 4.98 Å². The van der Waals surface area contributed by atoms with E-state index in [1.165, 1.54) is 18.3 Å². The molecule has 3 rings (SSSR count).